The van der Waals surface area contributed by atoms with Crippen LogP contribution < -0.4 is 5.32 Å². The van der Waals surface area contributed by atoms with Gasteiger partial charge in [0.1, 0.15) is 5.82 Å². The first-order valence-corrected chi connectivity index (χ1v) is 4.91. The monoisotopic (exact) mass is 223 g/mol. The smallest absolute Gasteiger partial charge is 0.337 e. The maximum atomic E-state index is 12.9. The van der Waals surface area contributed by atoms with E-state index < -0.39 is 11.8 Å². The Labute approximate surface area is 93.6 Å². The molecule has 1 aromatic rings. The fraction of sp³-hybridized carbons (Fsp3) is 0.250. The molecule has 0 fully saturated rings. The van der Waals surface area contributed by atoms with Gasteiger partial charge in [0, 0.05) is 12.2 Å². The van der Waals surface area contributed by atoms with E-state index in [-0.39, 0.29) is 5.56 Å². The minimum absolute atomic E-state index is 0.0536. The Morgan fingerprint density at radius 1 is 1.50 bits per heavy atom. The number of hydrogen-bond acceptors (Lipinski definition) is 2. The number of benzene rings is 1. The zero-order valence-electron chi connectivity index (χ0n) is 9.25. The van der Waals surface area contributed by atoms with Crippen molar-refractivity contribution in [3.63, 3.8) is 0 Å². The van der Waals surface area contributed by atoms with E-state index in [1.165, 1.54) is 12.1 Å². The summed E-state index contributed by atoms with van der Waals surface area (Å²) in [6.45, 7) is 4.42. The molecule has 0 radical (unpaired) electrons. The Balaban J connectivity index is 2.87. The van der Waals surface area contributed by atoms with E-state index in [1.54, 1.807) is 0 Å². The van der Waals surface area contributed by atoms with E-state index >= 15 is 0 Å². The summed E-state index contributed by atoms with van der Waals surface area (Å²) in [6, 6.07) is 3.67. The SMILES string of the molecule is CC(C)=CCNc1ccc(F)cc1C(=O)O. The number of hydrogen-bond donors (Lipinski definition) is 2. The van der Waals surface area contributed by atoms with Crippen molar-refractivity contribution in [3.8, 4) is 0 Å². The van der Waals surface area contributed by atoms with Gasteiger partial charge in [0.25, 0.3) is 0 Å². The van der Waals surface area contributed by atoms with Crippen molar-refractivity contribution in [2.24, 2.45) is 0 Å². The van der Waals surface area contributed by atoms with Gasteiger partial charge in [-0.2, -0.15) is 0 Å². The number of anilines is 1. The highest BCUT2D eigenvalue weighted by Gasteiger charge is 2.10. The summed E-state index contributed by atoms with van der Waals surface area (Å²) >= 11 is 0. The van der Waals surface area contributed by atoms with Gasteiger partial charge in [-0.15, -0.1) is 0 Å². The van der Waals surface area contributed by atoms with Crippen LogP contribution in [0, 0.1) is 5.82 Å². The summed E-state index contributed by atoms with van der Waals surface area (Å²) in [4.78, 5) is 10.8. The van der Waals surface area contributed by atoms with Gasteiger partial charge in [-0.1, -0.05) is 11.6 Å². The Morgan fingerprint density at radius 2 is 2.19 bits per heavy atom. The van der Waals surface area contributed by atoms with E-state index in [2.05, 4.69) is 5.32 Å². The normalized spacial score (nSPS) is 9.69. The third-order valence-corrected chi connectivity index (χ3v) is 2.01. The molecular weight excluding hydrogens is 209 g/mol. The molecule has 2 N–H and O–H groups in total. The van der Waals surface area contributed by atoms with Crippen LogP contribution in [0.2, 0.25) is 0 Å². The number of nitrogens with one attached hydrogen (secondary N) is 1. The highest BCUT2D eigenvalue weighted by atomic mass is 19.1. The third kappa shape index (κ3) is 3.38. The fourth-order valence-electron chi connectivity index (χ4n) is 1.21. The van der Waals surface area contributed by atoms with Crippen molar-refractivity contribution in [2.45, 2.75) is 13.8 Å². The molecule has 0 aliphatic carbocycles. The van der Waals surface area contributed by atoms with Crippen LogP contribution in [0.3, 0.4) is 0 Å². The van der Waals surface area contributed by atoms with Crippen molar-refractivity contribution < 1.29 is 14.3 Å². The largest absolute Gasteiger partial charge is 0.478 e. The third-order valence-electron chi connectivity index (χ3n) is 2.01. The van der Waals surface area contributed by atoms with Crippen molar-refractivity contribution in [3.05, 3.63) is 41.2 Å². The van der Waals surface area contributed by atoms with Crippen LogP contribution in [-0.4, -0.2) is 17.6 Å². The Morgan fingerprint density at radius 3 is 2.75 bits per heavy atom. The van der Waals surface area contributed by atoms with Crippen LogP contribution >= 0.6 is 0 Å². The zero-order valence-corrected chi connectivity index (χ0v) is 9.25. The molecule has 4 heteroatoms. The number of allylic oxidation sites excluding steroid dienone is 1. The van der Waals surface area contributed by atoms with Crippen LogP contribution in [0.4, 0.5) is 10.1 Å². The van der Waals surface area contributed by atoms with Crippen LogP contribution in [0.15, 0.2) is 29.8 Å². The molecule has 0 bridgehead atoms. The summed E-state index contributed by atoms with van der Waals surface area (Å²) < 4.78 is 12.9. The minimum Gasteiger partial charge on any atom is -0.478 e. The Hall–Kier alpha value is -1.84. The van der Waals surface area contributed by atoms with E-state index in [1.807, 2.05) is 19.9 Å². The lowest BCUT2D eigenvalue weighted by Gasteiger charge is -2.07. The number of carboxylic acid groups (broad SMARTS) is 1. The second-order valence-corrected chi connectivity index (χ2v) is 3.66. The van der Waals surface area contributed by atoms with Gasteiger partial charge in [-0.25, -0.2) is 9.18 Å². The molecule has 0 heterocycles. The topological polar surface area (TPSA) is 49.3 Å². The highest BCUT2D eigenvalue weighted by molar-refractivity contribution is 5.94. The summed E-state index contributed by atoms with van der Waals surface area (Å²) in [5.41, 5.74) is 1.50. The average Bonchev–Trinajstić information content (AvgIpc) is 2.19. The first-order chi connectivity index (χ1) is 7.50. The first-order valence-electron chi connectivity index (χ1n) is 4.91. The van der Waals surface area contributed by atoms with Gasteiger partial charge in [0.2, 0.25) is 0 Å². The molecule has 0 aromatic heterocycles. The first kappa shape index (κ1) is 12.2. The van der Waals surface area contributed by atoms with E-state index in [0.29, 0.717) is 12.2 Å². The molecule has 0 unspecified atom stereocenters. The average molecular weight is 223 g/mol. The lowest BCUT2D eigenvalue weighted by atomic mass is 10.1. The van der Waals surface area contributed by atoms with Gasteiger partial charge in [-0.05, 0) is 32.0 Å². The number of halogens is 1. The molecule has 0 atom stereocenters. The molecule has 0 amide bonds. The zero-order chi connectivity index (χ0) is 12.1. The lowest BCUT2D eigenvalue weighted by molar-refractivity contribution is 0.0697. The quantitative estimate of drug-likeness (QED) is 0.771. The number of carboxylic acids is 1. The molecule has 3 nitrogen and oxygen atoms in total. The fourth-order valence-corrected chi connectivity index (χ4v) is 1.21. The van der Waals surface area contributed by atoms with Gasteiger partial charge < -0.3 is 10.4 Å². The summed E-state index contributed by atoms with van der Waals surface area (Å²) in [5, 5.41) is 11.8. The van der Waals surface area contributed by atoms with Crippen molar-refractivity contribution in [2.75, 3.05) is 11.9 Å². The van der Waals surface area contributed by atoms with E-state index in [4.69, 9.17) is 5.11 Å². The van der Waals surface area contributed by atoms with Crippen LogP contribution in [0.25, 0.3) is 0 Å². The predicted octanol–water partition coefficient (Wildman–Crippen LogP) is 2.90. The van der Waals surface area contributed by atoms with E-state index in [9.17, 15) is 9.18 Å². The molecule has 16 heavy (non-hydrogen) atoms. The maximum Gasteiger partial charge on any atom is 0.337 e. The highest BCUT2D eigenvalue weighted by Crippen LogP contribution is 2.16. The van der Waals surface area contributed by atoms with Crippen molar-refractivity contribution in [1.29, 1.82) is 0 Å². The van der Waals surface area contributed by atoms with Gasteiger partial charge in [0.05, 0.1) is 5.56 Å². The van der Waals surface area contributed by atoms with Crippen LogP contribution in [0.5, 0.6) is 0 Å². The van der Waals surface area contributed by atoms with Crippen molar-refractivity contribution in [1.82, 2.24) is 0 Å². The number of carbonyl (C=O) groups is 1. The van der Waals surface area contributed by atoms with Gasteiger partial charge >= 0.3 is 5.97 Å². The van der Waals surface area contributed by atoms with E-state index in [0.717, 1.165) is 11.6 Å². The standard InChI is InChI=1S/C12H14FNO2/c1-8(2)5-6-14-11-4-3-9(13)7-10(11)12(15)16/h3-5,7,14H,6H2,1-2H3,(H,15,16). The number of rotatable bonds is 4. The summed E-state index contributed by atoms with van der Waals surface area (Å²) in [6.07, 6.45) is 1.93. The molecule has 1 rings (SSSR count). The summed E-state index contributed by atoms with van der Waals surface area (Å²) in [7, 11) is 0. The second-order valence-electron chi connectivity index (χ2n) is 3.66. The molecule has 1 aromatic carbocycles. The Kier molecular flexibility index (Phi) is 4.05. The molecule has 0 spiro atoms. The van der Waals surface area contributed by atoms with Gasteiger partial charge in [-0.3, -0.25) is 0 Å². The molecule has 0 aliphatic heterocycles. The van der Waals surface area contributed by atoms with Crippen molar-refractivity contribution >= 4 is 11.7 Å². The molecular formula is C12H14FNO2. The molecule has 0 aliphatic rings. The predicted molar refractivity (Wildman–Crippen MR) is 61.3 cm³/mol. The van der Waals surface area contributed by atoms with Crippen LogP contribution in [-0.2, 0) is 0 Å². The Bertz CT molecular complexity index is 423. The molecule has 0 saturated carbocycles. The maximum absolute atomic E-state index is 12.9. The summed E-state index contributed by atoms with van der Waals surface area (Å²) in [5.74, 6) is -1.69. The molecule has 86 valence electrons. The molecule has 0 saturated heterocycles. The lowest BCUT2D eigenvalue weighted by Crippen LogP contribution is -2.07. The van der Waals surface area contributed by atoms with Gasteiger partial charge in [0.15, 0.2) is 0 Å². The number of aromatic carboxylic acids is 1. The second kappa shape index (κ2) is 5.30. The minimum atomic E-state index is -1.14. The van der Waals surface area contributed by atoms with Crippen LogP contribution in [0.1, 0.15) is 24.2 Å².